The van der Waals surface area contributed by atoms with E-state index < -0.39 is 0 Å². The number of aromatic nitrogens is 1. The van der Waals surface area contributed by atoms with E-state index in [0.717, 1.165) is 0 Å². The third kappa shape index (κ3) is 1.20. The van der Waals surface area contributed by atoms with Gasteiger partial charge in [0.25, 0.3) is 0 Å². The molecular weight excluding hydrogens is 172 g/mol. The SMILES string of the molecule is c1ccc(-c2[nH]ccc2N2CC2)cc1. The lowest BCUT2D eigenvalue weighted by atomic mass is 10.1. The first kappa shape index (κ1) is 7.68. The number of anilines is 1. The van der Waals surface area contributed by atoms with E-state index in [2.05, 4.69) is 40.2 Å². The monoisotopic (exact) mass is 184 g/mol. The van der Waals surface area contributed by atoms with Crippen LogP contribution in [0, 0.1) is 0 Å². The van der Waals surface area contributed by atoms with Gasteiger partial charge in [-0.15, -0.1) is 0 Å². The van der Waals surface area contributed by atoms with Gasteiger partial charge >= 0.3 is 0 Å². The molecule has 0 amide bonds. The minimum absolute atomic E-state index is 1.19. The highest BCUT2D eigenvalue weighted by atomic mass is 15.3. The second-order valence-electron chi connectivity index (χ2n) is 3.59. The number of aromatic amines is 1. The second kappa shape index (κ2) is 2.91. The van der Waals surface area contributed by atoms with Crippen molar-refractivity contribution in [2.75, 3.05) is 18.0 Å². The summed E-state index contributed by atoms with van der Waals surface area (Å²) in [6.07, 6.45) is 2.01. The maximum absolute atomic E-state index is 3.30. The van der Waals surface area contributed by atoms with Crippen molar-refractivity contribution in [1.29, 1.82) is 0 Å². The predicted octanol–water partition coefficient (Wildman–Crippen LogP) is 2.50. The number of hydrogen-bond donors (Lipinski definition) is 1. The molecule has 0 saturated carbocycles. The average Bonchev–Trinajstić information content (AvgIpc) is 2.98. The molecule has 2 heteroatoms. The number of benzene rings is 1. The van der Waals surface area contributed by atoms with Gasteiger partial charge in [-0.2, -0.15) is 0 Å². The van der Waals surface area contributed by atoms with Crippen molar-refractivity contribution in [1.82, 2.24) is 4.98 Å². The van der Waals surface area contributed by atoms with E-state index in [-0.39, 0.29) is 0 Å². The predicted molar refractivity (Wildman–Crippen MR) is 58.4 cm³/mol. The van der Waals surface area contributed by atoms with Crippen LogP contribution in [0.25, 0.3) is 11.3 Å². The number of hydrogen-bond acceptors (Lipinski definition) is 1. The molecule has 0 unspecified atom stereocenters. The molecule has 0 atom stereocenters. The summed E-state index contributed by atoms with van der Waals surface area (Å²) in [6.45, 7) is 2.38. The van der Waals surface area contributed by atoms with E-state index in [1.807, 2.05) is 12.3 Å². The summed E-state index contributed by atoms with van der Waals surface area (Å²) in [5.74, 6) is 0. The molecule has 1 aliphatic rings. The molecule has 2 nitrogen and oxygen atoms in total. The van der Waals surface area contributed by atoms with Crippen molar-refractivity contribution >= 4 is 5.69 Å². The van der Waals surface area contributed by atoms with Crippen LogP contribution in [-0.4, -0.2) is 18.1 Å². The van der Waals surface area contributed by atoms with Gasteiger partial charge in [-0.1, -0.05) is 30.3 Å². The second-order valence-corrected chi connectivity index (χ2v) is 3.59. The Bertz CT molecular complexity index is 427. The normalized spacial score (nSPS) is 14.4. The molecule has 1 aromatic carbocycles. The molecule has 0 aliphatic carbocycles. The fraction of sp³-hybridized carbons (Fsp3) is 0.167. The highest BCUT2D eigenvalue weighted by Gasteiger charge is 2.21. The van der Waals surface area contributed by atoms with Crippen LogP contribution in [0.5, 0.6) is 0 Å². The zero-order valence-corrected chi connectivity index (χ0v) is 7.90. The molecule has 0 spiro atoms. The molecule has 1 fully saturated rings. The highest BCUT2D eigenvalue weighted by Crippen LogP contribution is 2.32. The molecule has 3 rings (SSSR count). The van der Waals surface area contributed by atoms with Gasteiger partial charge in [-0.05, 0) is 6.07 Å². The number of H-pyrrole nitrogens is 1. The lowest BCUT2D eigenvalue weighted by Gasteiger charge is -2.04. The van der Waals surface area contributed by atoms with Gasteiger partial charge < -0.3 is 9.88 Å². The summed E-state index contributed by atoms with van der Waals surface area (Å²) in [7, 11) is 0. The van der Waals surface area contributed by atoms with Crippen molar-refractivity contribution in [2.45, 2.75) is 0 Å². The van der Waals surface area contributed by atoms with E-state index in [0.29, 0.717) is 0 Å². The minimum Gasteiger partial charge on any atom is -0.366 e. The van der Waals surface area contributed by atoms with E-state index in [9.17, 15) is 0 Å². The van der Waals surface area contributed by atoms with Gasteiger partial charge in [0.1, 0.15) is 0 Å². The topological polar surface area (TPSA) is 18.8 Å². The quantitative estimate of drug-likeness (QED) is 0.710. The van der Waals surface area contributed by atoms with Crippen molar-refractivity contribution in [3.05, 3.63) is 42.6 Å². The third-order valence-electron chi connectivity index (χ3n) is 2.58. The molecule has 14 heavy (non-hydrogen) atoms. The fourth-order valence-electron chi connectivity index (χ4n) is 1.75. The van der Waals surface area contributed by atoms with Crippen molar-refractivity contribution < 1.29 is 0 Å². The van der Waals surface area contributed by atoms with E-state index in [1.165, 1.54) is 30.0 Å². The molecule has 2 aromatic rings. The molecule has 0 radical (unpaired) electrons. The van der Waals surface area contributed by atoms with Crippen molar-refractivity contribution in [3.63, 3.8) is 0 Å². The summed E-state index contributed by atoms with van der Waals surface area (Å²) in [5.41, 5.74) is 3.83. The third-order valence-corrected chi connectivity index (χ3v) is 2.58. The number of rotatable bonds is 2. The van der Waals surface area contributed by atoms with Gasteiger partial charge in [0.2, 0.25) is 0 Å². The lowest BCUT2D eigenvalue weighted by Crippen LogP contribution is -1.91. The fourth-order valence-corrected chi connectivity index (χ4v) is 1.75. The maximum Gasteiger partial charge on any atom is 0.0691 e. The summed E-state index contributed by atoms with van der Waals surface area (Å²) >= 11 is 0. The Balaban J connectivity index is 2.07. The van der Waals surface area contributed by atoms with Crippen LogP contribution in [0.1, 0.15) is 0 Å². The van der Waals surface area contributed by atoms with Crippen LogP contribution >= 0.6 is 0 Å². The van der Waals surface area contributed by atoms with Crippen LogP contribution < -0.4 is 4.90 Å². The van der Waals surface area contributed by atoms with Crippen molar-refractivity contribution in [2.24, 2.45) is 0 Å². The molecule has 1 saturated heterocycles. The molecular formula is C12H12N2. The molecule has 0 bridgehead atoms. The summed E-state index contributed by atoms with van der Waals surface area (Å²) in [6, 6.07) is 12.6. The highest BCUT2D eigenvalue weighted by molar-refractivity contribution is 5.77. The standard InChI is InChI=1S/C12H12N2/c1-2-4-10(5-3-1)12-11(6-7-13-12)14-8-9-14/h1-7,13H,8-9H2. The molecule has 1 aromatic heterocycles. The number of nitrogens with one attached hydrogen (secondary N) is 1. The van der Waals surface area contributed by atoms with Gasteiger partial charge in [-0.3, -0.25) is 0 Å². The Morgan fingerprint density at radius 1 is 1.00 bits per heavy atom. The zero-order chi connectivity index (χ0) is 9.38. The first-order chi connectivity index (χ1) is 6.95. The van der Waals surface area contributed by atoms with Crippen LogP contribution in [-0.2, 0) is 0 Å². The van der Waals surface area contributed by atoms with Gasteiger partial charge in [0, 0.05) is 24.8 Å². The Labute approximate surface area is 83.2 Å². The van der Waals surface area contributed by atoms with E-state index in [4.69, 9.17) is 0 Å². The van der Waals surface area contributed by atoms with Crippen LogP contribution in [0.15, 0.2) is 42.6 Å². The minimum atomic E-state index is 1.19. The molecule has 2 heterocycles. The van der Waals surface area contributed by atoms with Gasteiger partial charge in [0.05, 0.1) is 11.4 Å². The average molecular weight is 184 g/mol. The first-order valence-corrected chi connectivity index (χ1v) is 4.93. The Kier molecular flexibility index (Phi) is 1.60. The van der Waals surface area contributed by atoms with E-state index in [1.54, 1.807) is 0 Å². The maximum atomic E-state index is 3.30. The van der Waals surface area contributed by atoms with Gasteiger partial charge in [0.15, 0.2) is 0 Å². The zero-order valence-electron chi connectivity index (χ0n) is 7.90. The van der Waals surface area contributed by atoms with Crippen molar-refractivity contribution in [3.8, 4) is 11.3 Å². The number of nitrogens with zero attached hydrogens (tertiary/aromatic N) is 1. The first-order valence-electron chi connectivity index (χ1n) is 4.93. The van der Waals surface area contributed by atoms with E-state index >= 15 is 0 Å². The Hall–Kier alpha value is -1.70. The summed E-state index contributed by atoms with van der Waals surface area (Å²) < 4.78 is 0. The Morgan fingerprint density at radius 2 is 1.79 bits per heavy atom. The molecule has 1 aliphatic heterocycles. The molecule has 1 N–H and O–H groups in total. The van der Waals surface area contributed by atoms with Crippen LogP contribution in [0.4, 0.5) is 5.69 Å². The molecule has 70 valence electrons. The lowest BCUT2D eigenvalue weighted by molar-refractivity contribution is 1.36. The smallest absolute Gasteiger partial charge is 0.0691 e. The largest absolute Gasteiger partial charge is 0.366 e. The van der Waals surface area contributed by atoms with Crippen LogP contribution in [0.3, 0.4) is 0 Å². The van der Waals surface area contributed by atoms with Gasteiger partial charge in [-0.25, -0.2) is 0 Å². The Morgan fingerprint density at radius 3 is 2.50 bits per heavy atom. The summed E-state index contributed by atoms with van der Waals surface area (Å²) in [4.78, 5) is 5.66. The van der Waals surface area contributed by atoms with Crippen LogP contribution in [0.2, 0.25) is 0 Å². The summed E-state index contributed by atoms with van der Waals surface area (Å²) in [5, 5.41) is 0.